The smallest absolute Gasteiger partial charge is 0.289 e. The number of carbonyl (C=O) groups is 1. The van der Waals surface area contributed by atoms with Crippen molar-refractivity contribution in [1.29, 1.82) is 0 Å². The van der Waals surface area contributed by atoms with E-state index in [1.807, 2.05) is 0 Å². The van der Waals surface area contributed by atoms with Crippen molar-refractivity contribution < 1.29 is 18.1 Å². The third-order valence-electron chi connectivity index (χ3n) is 5.14. The van der Waals surface area contributed by atoms with Crippen LogP contribution in [0.15, 0.2) is 29.2 Å². The number of hydrogen-bond donors (Lipinski definition) is 3. The zero-order valence-corrected chi connectivity index (χ0v) is 15.7. The molecule has 0 aliphatic carbocycles. The normalized spacial score (nSPS) is 24.5. The SMILES string of the molecule is O=C(CC1CC2CCC(C1)N2)NCCNS(=O)(=O)c1ccccc1[N+](=O)[O-]. The zero-order valence-electron chi connectivity index (χ0n) is 14.9. The predicted octanol–water partition coefficient (Wildman–Crippen LogP) is 0.910. The number of rotatable bonds is 8. The fraction of sp³-hybridized carbons (Fsp3) is 0.588. The molecule has 10 heteroatoms. The molecule has 1 aromatic rings. The fourth-order valence-electron chi connectivity index (χ4n) is 3.98. The van der Waals surface area contributed by atoms with Crippen LogP contribution >= 0.6 is 0 Å². The van der Waals surface area contributed by atoms with Gasteiger partial charge in [-0.1, -0.05) is 12.1 Å². The van der Waals surface area contributed by atoms with E-state index in [0.29, 0.717) is 24.4 Å². The maximum Gasteiger partial charge on any atom is 0.289 e. The summed E-state index contributed by atoms with van der Waals surface area (Å²) in [7, 11) is -4.02. The summed E-state index contributed by atoms with van der Waals surface area (Å²) >= 11 is 0. The molecule has 2 unspecified atom stereocenters. The van der Waals surface area contributed by atoms with Gasteiger partial charge in [-0.25, -0.2) is 13.1 Å². The van der Waals surface area contributed by atoms with E-state index in [2.05, 4.69) is 15.4 Å². The maximum atomic E-state index is 12.3. The van der Waals surface area contributed by atoms with Crippen molar-refractivity contribution in [2.24, 2.45) is 5.92 Å². The minimum Gasteiger partial charge on any atom is -0.355 e. The summed E-state index contributed by atoms with van der Waals surface area (Å²) in [6, 6.07) is 6.21. The van der Waals surface area contributed by atoms with Crippen molar-refractivity contribution in [3.63, 3.8) is 0 Å². The first kappa shape index (κ1) is 19.7. The van der Waals surface area contributed by atoms with Crippen molar-refractivity contribution in [1.82, 2.24) is 15.4 Å². The van der Waals surface area contributed by atoms with E-state index in [-0.39, 0.29) is 23.9 Å². The largest absolute Gasteiger partial charge is 0.355 e. The average molecular weight is 396 g/mol. The van der Waals surface area contributed by atoms with E-state index < -0.39 is 20.6 Å². The summed E-state index contributed by atoms with van der Waals surface area (Å²) in [5, 5.41) is 17.2. The summed E-state index contributed by atoms with van der Waals surface area (Å²) in [5.74, 6) is 0.276. The minimum atomic E-state index is -4.02. The molecule has 0 spiro atoms. The van der Waals surface area contributed by atoms with Crippen LogP contribution in [0.2, 0.25) is 0 Å². The summed E-state index contributed by atoms with van der Waals surface area (Å²) in [5.41, 5.74) is -0.477. The highest BCUT2D eigenvalue weighted by atomic mass is 32.2. The van der Waals surface area contributed by atoms with Crippen LogP contribution in [0.5, 0.6) is 0 Å². The molecule has 3 N–H and O–H groups in total. The van der Waals surface area contributed by atoms with Crippen molar-refractivity contribution in [3.8, 4) is 0 Å². The molecule has 2 heterocycles. The lowest BCUT2D eigenvalue weighted by Gasteiger charge is -2.28. The number of nitro benzene ring substituents is 1. The molecule has 27 heavy (non-hydrogen) atoms. The standard InChI is InChI=1S/C17H24N4O5S/c22-17(11-12-9-13-5-6-14(10-12)20-13)18-7-8-19-27(25,26)16-4-2-1-3-15(16)21(23)24/h1-4,12-14,19-20H,5-11H2,(H,18,22). The molecule has 2 fully saturated rings. The molecule has 148 valence electrons. The van der Waals surface area contributed by atoms with E-state index in [1.54, 1.807) is 0 Å². The van der Waals surface area contributed by atoms with Crippen molar-refractivity contribution in [2.75, 3.05) is 13.1 Å². The first-order valence-corrected chi connectivity index (χ1v) is 10.6. The van der Waals surface area contributed by atoms with Gasteiger partial charge in [0.2, 0.25) is 15.9 Å². The quantitative estimate of drug-likeness (QED) is 0.340. The number of nitrogens with zero attached hydrogens (tertiary/aromatic N) is 1. The summed E-state index contributed by atoms with van der Waals surface area (Å²) in [6.45, 7) is 0.105. The van der Waals surface area contributed by atoms with Gasteiger partial charge in [-0.3, -0.25) is 14.9 Å². The van der Waals surface area contributed by atoms with Crippen LogP contribution in [0, 0.1) is 16.0 Å². The topological polar surface area (TPSA) is 130 Å². The number of fused-ring (bicyclic) bond motifs is 2. The van der Waals surface area contributed by atoms with Gasteiger partial charge in [0, 0.05) is 37.7 Å². The maximum absolute atomic E-state index is 12.3. The number of para-hydroxylation sites is 1. The van der Waals surface area contributed by atoms with Crippen LogP contribution in [0.3, 0.4) is 0 Å². The third-order valence-corrected chi connectivity index (χ3v) is 6.64. The Morgan fingerprint density at radius 2 is 1.85 bits per heavy atom. The molecular formula is C17H24N4O5S. The number of nitro groups is 1. The second-order valence-corrected chi connectivity index (χ2v) is 8.89. The number of nitrogens with one attached hydrogen (secondary N) is 3. The molecule has 2 bridgehead atoms. The van der Waals surface area contributed by atoms with E-state index in [0.717, 1.165) is 18.9 Å². The van der Waals surface area contributed by atoms with Crippen LogP contribution in [-0.4, -0.2) is 44.4 Å². The van der Waals surface area contributed by atoms with Gasteiger partial charge in [0.05, 0.1) is 4.92 Å². The molecule has 2 aliphatic heterocycles. The number of sulfonamides is 1. The molecule has 0 radical (unpaired) electrons. The van der Waals surface area contributed by atoms with Crippen LogP contribution in [0.25, 0.3) is 0 Å². The Morgan fingerprint density at radius 3 is 2.52 bits per heavy atom. The van der Waals surface area contributed by atoms with Gasteiger partial charge in [0.15, 0.2) is 4.90 Å². The summed E-state index contributed by atoms with van der Waals surface area (Å²) in [4.78, 5) is 21.9. The highest BCUT2D eigenvalue weighted by molar-refractivity contribution is 7.89. The molecule has 2 atom stereocenters. The van der Waals surface area contributed by atoms with E-state index in [1.165, 1.54) is 31.0 Å². The lowest BCUT2D eigenvalue weighted by atomic mass is 9.89. The molecule has 9 nitrogen and oxygen atoms in total. The lowest BCUT2D eigenvalue weighted by Crippen LogP contribution is -2.40. The predicted molar refractivity (Wildman–Crippen MR) is 98.6 cm³/mol. The van der Waals surface area contributed by atoms with Gasteiger partial charge in [-0.15, -0.1) is 0 Å². The summed E-state index contributed by atoms with van der Waals surface area (Å²) in [6.07, 6.45) is 4.82. The Balaban J connectivity index is 1.44. The second kappa shape index (κ2) is 8.32. The zero-order chi connectivity index (χ0) is 19.4. The van der Waals surface area contributed by atoms with Gasteiger partial charge in [-0.05, 0) is 37.7 Å². The van der Waals surface area contributed by atoms with Crippen LogP contribution in [0.4, 0.5) is 5.69 Å². The van der Waals surface area contributed by atoms with Crippen molar-refractivity contribution in [2.45, 2.75) is 49.1 Å². The number of hydrogen-bond acceptors (Lipinski definition) is 6. The Labute approximate surface area is 158 Å². The number of amides is 1. The van der Waals surface area contributed by atoms with Crippen LogP contribution in [0.1, 0.15) is 32.1 Å². The Morgan fingerprint density at radius 1 is 1.19 bits per heavy atom. The first-order chi connectivity index (χ1) is 12.8. The van der Waals surface area contributed by atoms with Crippen molar-refractivity contribution in [3.05, 3.63) is 34.4 Å². The van der Waals surface area contributed by atoms with Gasteiger partial charge in [-0.2, -0.15) is 0 Å². The average Bonchev–Trinajstić information content (AvgIpc) is 2.97. The molecule has 1 amide bonds. The highest BCUT2D eigenvalue weighted by Crippen LogP contribution is 2.32. The Kier molecular flexibility index (Phi) is 6.08. The number of carbonyl (C=O) groups excluding carboxylic acids is 1. The number of piperidine rings is 1. The first-order valence-electron chi connectivity index (χ1n) is 9.11. The monoisotopic (exact) mass is 396 g/mol. The molecule has 1 aromatic carbocycles. The van der Waals surface area contributed by atoms with Crippen LogP contribution < -0.4 is 15.4 Å². The van der Waals surface area contributed by atoms with E-state index in [9.17, 15) is 23.3 Å². The van der Waals surface area contributed by atoms with Gasteiger partial charge in [0.1, 0.15) is 0 Å². The molecule has 0 aromatic heterocycles. The molecule has 2 aliphatic rings. The lowest BCUT2D eigenvalue weighted by molar-refractivity contribution is -0.387. The van der Waals surface area contributed by atoms with Crippen molar-refractivity contribution >= 4 is 21.6 Å². The van der Waals surface area contributed by atoms with Crippen LogP contribution in [-0.2, 0) is 14.8 Å². The minimum absolute atomic E-state index is 0.0302. The second-order valence-electron chi connectivity index (χ2n) is 7.15. The van der Waals surface area contributed by atoms with E-state index >= 15 is 0 Å². The van der Waals surface area contributed by atoms with Gasteiger partial charge < -0.3 is 10.6 Å². The molecule has 2 saturated heterocycles. The Hall–Kier alpha value is -2.04. The molecule has 3 rings (SSSR count). The highest BCUT2D eigenvalue weighted by Gasteiger charge is 2.34. The number of benzene rings is 1. The Bertz CT molecular complexity index is 801. The summed E-state index contributed by atoms with van der Waals surface area (Å²) < 4.78 is 26.8. The van der Waals surface area contributed by atoms with E-state index in [4.69, 9.17) is 0 Å². The third kappa shape index (κ3) is 5.02. The van der Waals surface area contributed by atoms with Gasteiger partial charge >= 0.3 is 0 Å². The van der Waals surface area contributed by atoms with Gasteiger partial charge in [0.25, 0.3) is 5.69 Å². The molecule has 0 saturated carbocycles. The fourth-order valence-corrected chi connectivity index (χ4v) is 5.18. The molecular weight excluding hydrogens is 372 g/mol.